The van der Waals surface area contributed by atoms with Crippen molar-refractivity contribution in [2.45, 2.75) is 19.9 Å². The number of carbonyl (C=O) groups is 2. The van der Waals surface area contributed by atoms with Crippen molar-refractivity contribution in [3.8, 4) is 11.1 Å². The van der Waals surface area contributed by atoms with Gasteiger partial charge in [-0.15, -0.1) is 0 Å². The van der Waals surface area contributed by atoms with E-state index in [1.54, 1.807) is 11.9 Å². The number of likely N-dealkylation sites (N-methyl/N-ethyl adjacent to an activating group) is 1. The molecule has 0 aliphatic rings. The SMILES string of the molecule is Cc1ccccc1CN(C)C(=O)COC(=O)Cc1ccc(-c2ccccc2)cc1. The normalized spacial score (nSPS) is 10.4. The van der Waals surface area contributed by atoms with Crippen LogP contribution in [0.4, 0.5) is 0 Å². The largest absolute Gasteiger partial charge is 0.455 e. The molecule has 0 saturated heterocycles. The lowest BCUT2D eigenvalue weighted by Crippen LogP contribution is -2.31. The zero-order chi connectivity index (χ0) is 20.6. The van der Waals surface area contributed by atoms with Crippen molar-refractivity contribution < 1.29 is 14.3 Å². The third-order valence-corrected chi connectivity index (χ3v) is 4.86. The second-order valence-corrected chi connectivity index (χ2v) is 7.08. The number of hydrogen-bond acceptors (Lipinski definition) is 3. The predicted molar refractivity (Wildman–Crippen MR) is 114 cm³/mol. The van der Waals surface area contributed by atoms with E-state index in [1.165, 1.54) is 0 Å². The summed E-state index contributed by atoms with van der Waals surface area (Å²) in [6.45, 7) is 2.25. The molecule has 3 aromatic rings. The van der Waals surface area contributed by atoms with E-state index >= 15 is 0 Å². The molecule has 4 heteroatoms. The molecule has 148 valence electrons. The first-order valence-corrected chi connectivity index (χ1v) is 9.61. The van der Waals surface area contributed by atoms with E-state index in [0.29, 0.717) is 6.54 Å². The van der Waals surface area contributed by atoms with E-state index in [-0.39, 0.29) is 18.9 Å². The van der Waals surface area contributed by atoms with Crippen molar-refractivity contribution in [1.82, 2.24) is 4.90 Å². The minimum absolute atomic E-state index is 0.143. The van der Waals surface area contributed by atoms with E-state index in [2.05, 4.69) is 0 Å². The molecule has 0 aliphatic heterocycles. The van der Waals surface area contributed by atoms with Gasteiger partial charge in [-0.25, -0.2) is 0 Å². The van der Waals surface area contributed by atoms with Gasteiger partial charge in [-0.3, -0.25) is 9.59 Å². The molecular weight excluding hydrogens is 362 g/mol. The Hall–Kier alpha value is -3.40. The van der Waals surface area contributed by atoms with E-state index < -0.39 is 5.97 Å². The lowest BCUT2D eigenvalue weighted by Gasteiger charge is -2.18. The van der Waals surface area contributed by atoms with Gasteiger partial charge in [0.15, 0.2) is 6.61 Å². The van der Waals surface area contributed by atoms with E-state index in [4.69, 9.17) is 4.74 Å². The zero-order valence-electron chi connectivity index (χ0n) is 16.8. The fourth-order valence-corrected chi connectivity index (χ4v) is 3.05. The Kier molecular flexibility index (Phi) is 6.80. The monoisotopic (exact) mass is 387 g/mol. The highest BCUT2D eigenvalue weighted by Crippen LogP contribution is 2.19. The number of benzene rings is 3. The van der Waals surface area contributed by atoms with Crippen LogP contribution in [0.3, 0.4) is 0 Å². The summed E-state index contributed by atoms with van der Waals surface area (Å²) in [6.07, 6.45) is 0.143. The lowest BCUT2D eigenvalue weighted by atomic mass is 10.0. The first kappa shape index (κ1) is 20.3. The Balaban J connectivity index is 1.48. The average Bonchev–Trinajstić information content (AvgIpc) is 2.75. The minimum Gasteiger partial charge on any atom is -0.455 e. The fraction of sp³-hybridized carbons (Fsp3) is 0.200. The van der Waals surface area contributed by atoms with Crippen LogP contribution in [0.2, 0.25) is 0 Å². The minimum atomic E-state index is -0.407. The molecule has 1 amide bonds. The number of amides is 1. The van der Waals surface area contributed by atoms with Gasteiger partial charge >= 0.3 is 5.97 Å². The molecule has 0 N–H and O–H groups in total. The highest BCUT2D eigenvalue weighted by atomic mass is 16.5. The van der Waals surface area contributed by atoms with Gasteiger partial charge in [0.1, 0.15) is 0 Å². The summed E-state index contributed by atoms with van der Waals surface area (Å²) >= 11 is 0. The molecule has 0 atom stereocenters. The van der Waals surface area contributed by atoms with Crippen molar-refractivity contribution in [1.29, 1.82) is 0 Å². The number of aryl methyl sites for hydroxylation is 1. The van der Waals surface area contributed by atoms with Gasteiger partial charge in [0.2, 0.25) is 0 Å². The van der Waals surface area contributed by atoms with Gasteiger partial charge < -0.3 is 9.64 Å². The van der Waals surface area contributed by atoms with E-state index in [9.17, 15) is 9.59 Å². The molecule has 3 rings (SSSR count). The van der Waals surface area contributed by atoms with Gasteiger partial charge in [-0.1, -0.05) is 78.9 Å². The zero-order valence-corrected chi connectivity index (χ0v) is 16.8. The molecule has 0 saturated carbocycles. The number of rotatable bonds is 7. The van der Waals surface area contributed by atoms with Crippen LogP contribution < -0.4 is 0 Å². The van der Waals surface area contributed by atoms with Crippen LogP contribution in [0.1, 0.15) is 16.7 Å². The molecule has 0 fully saturated rings. The summed E-state index contributed by atoms with van der Waals surface area (Å²) in [5, 5.41) is 0. The fourth-order valence-electron chi connectivity index (χ4n) is 3.05. The molecule has 29 heavy (non-hydrogen) atoms. The molecule has 3 aromatic carbocycles. The van der Waals surface area contributed by atoms with Crippen LogP contribution >= 0.6 is 0 Å². The quantitative estimate of drug-likeness (QED) is 0.564. The van der Waals surface area contributed by atoms with Crippen LogP contribution in [0, 0.1) is 6.92 Å². The van der Waals surface area contributed by atoms with Crippen molar-refractivity contribution in [3.63, 3.8) is 0 Å². The summed E-state index contributed by atoms with van der Waals surface area (Å²) in [5.41, 5.74) is 5.28. The summed E-state index contributed by atoms with van der Waals surface area (Å²) in [4.78, 5) is 26.0. The number of nitrogens with zero attached hydrogens (tertiary/aromatic N) is 1. The third-order valence-electron chi connectivity index (χ3n) is 4.86. The number of esters is 1. The van der Waals surface area contributed by atoms with Gasteiger partial charge in [0.25, 0.3) is 5.91 Å². The summed E-state index contributed by atoms with van der Waals surface area (Å²) in [5.74, 6) is -0.629. The summed E-state index contributed by atoms with van der Waals surface area (Å²) < 4.78 is 5.18. The molecular formula is C25H25NO3. The van der Waals surface area contributed by atoms with Crippen molar-refractivity contribution in [2.75, 3.05) is 13.7 Å². The van der Waals surface area contributed by atoms with Crippen molar-refractivity contribution in [2.24, 2.45) is 0 Å². The van der Waals surface area contributed by atoms with Crippen LogP contribution in [0.15, 0.2) is 78.9 Å². The molecule has 0 unspecified atom stereocenters. The second-order valence-electron chi connectivity index (χ2n) is 7.08. The Morgan fingerprint density at radius 2 is 1.45 bits per heavy atom. The maximum atomic E-state index is 12.3. The van der Waals surface area contributed by atoms with E-state index in [0.717, 1.165) is 27.8 Å². The van der Waals surface area contributed by atoms with Crippen molar-refractivity contribution in [3.05, 3.63) is 95.6 Å². The molecule has 0 bridgehead atoms. The Bertz CT molecular complexity index is 965. The summed E-state index contributed by atoms with van der Waals surface area (Å²) in [7, 11) is 1.71. The van der Waals surface area contributed by atoms with Gasteiger partial charge in [0, 0.05) is 13.6 Å². The topological polar surface area (TPSA) is 46.6 Å². The maximum Gasteiger partial charge on any atom is 0.310 e. The lowest BCUT2D eigenvalue weighted by molar-refractivity contribution is -0.151. The van der Waals surface area contributed by atoms with Crippen LogP contribution in [-0.2, 0) is 27.3 Å². The molecule has 0 aliphatic carbocycles. The van der Waals surface area contributed by atoms with Crippen LogP contribution in [-0.4, -0.2) is 30.4 Å². The standard InChI is InChI=1S/C25H25NO3/c1-19-8-6-7-11-23(19)17-26(2)24(27)18-29-25(28)16-20-12-14-22(15-13-20)21-9-4-3-5-10-21/h3-15H,16-18H2,1-2H3. The number of carbonyl (C=O) groups excluding carboxylic acids is 2. The van der Waals surface area contributed by atoms with Crippen molar-refractivity contribution >= 4 is 11.9 Å². The summed E-state index contributed by atoms with van der Waals surface area (Å²) in [6, 6.07) is 25.8. The van der Waals surface area contributed by atoms with Gasteiger partial charge in [-0.05, 0) is 34.7 Å². The molecule has 0 aromatic heterocycles. The number of ether oxygens (including phenoxy) is 1. The van der Waals surface area contributed by atoms with E-state index in [1.807, 2.05) is 85.8 Å². The predicted octanol–water partition coefficient (Wildman–Crippen LogP) is 4.41. The van der Waals surface area contributed by atoms with Gasteiger partial charge in [0.05, 0.1) is 6.42 Å². The average molecular weight is 387 g/mol. The Labute approximate surface area is 171 Å². The molecule has 0 heterocycles. The molecule has 0 spiro atoms. The molecule has 0 radical (unpaired) electrons. The first-order chi connectivity index (χ1) is 14.0. The van der Waals surface area contributed by atoms with Crippen LogP contribution in [0.25, 0.3) is 11.1 Å². The first-order valence-electron chi connectivity index (χ1n) is 9.61. The third kappa shape index (κ3) is 5.79. The Morgan fingerprint density at radius 3 is 2.14 bits per heavy atom. The highest BCUT2D eigenvalue weighted by molar-refractivity contribution is 5.81. The molecule has 4 nitrogen and oxygen atoms in total. The second kappa shape index (κ2) is 9.69. The van der Waals surface area contributed by atoms with Gasteiger partial charge in [-0.2, -0.15) is 0 Å². The Morgan fingerprint density at radius 1 is 0.828 bits per heavy atom. The smallest absolute Gasteiger partial charge is 0.310 e. The maximum absolute atomic E-state index is 12.3. The number of hydrogen-bond donors (Lipinski definition) is 0. The highest BCUT2D eigenvalue weighted by Gasteiger charge is 2.13. The van der Waals surface area contributed by atoms with Crippen LogP contribution in [0.5, 0.6) is 0 Å².